The van der Waals surface area contributed by atoms with Crippen molar-refractivity contribution in [3.8, 4) is 0 Å². The molecule has 2 nitrogen and oxygen atoms in total. The number of rotatable bonds is 3. The molecule has 1 aliphatic rings. The van der Waals surface area contributed by atoms with Crippen molar-refractivity contribution in [2.45, 2.75) is 24.5 Å². The summed E-state index contributed by atoms with van der Waals surface area (Å²) in [6.07, 6.45) is 2.49. The predicted octanol–water partition coefficient (Wildman–Crippen LogP) is 0.172. The summed E-state index contributed by atoms with van der Waals surface area (Å²) in [5.41, 5.74) is 0. The third kappa shape index (κ3) is 3.33. The zero-order chi connectivity index (χ0) is 8.27. The van der Waals surface area contributed by atoms with Crippen LogP contribution in [-0.4, -0.2) is 74.1 Å². The van der Waals surface area contributed by atoms with Crippen molar-refractivity contribution in [3.63, 3.8) is 0 Å². The van der Waals surface area contributed by atoms with Crippen molar-refractivity contribution in [2.24, 2.45) is 5.92 Å². The van der Waals surface area contributed by atoms with E-state index in [9.17, 15) is 0 Å². The minimum atomic E-state index is 0.385. The number of ether oxygens (including phenoxy) is 2. The number of methoxy groups -OCH3 is 1. The fourth-order valence-corrected chi connectivity index (χ4v) is 6.20. The van der Waals surface area contributed by atoms with Crippen molar-refractivity contribution in [1.82, 2.24) is 0 Å². The SMILES string of the molecule is COC[C@H]1O[C@@H]([Se][Ba])CC1C. The van der Waals surface area contributed by atoms with E-state index < -0.39 is 0 Å². The van der Waals surface area contributed by atoms with Crippen molar-refractivity contribution in [1.29, 1.82) is 0 Å². The first kappa shape index (κ1) is 11.1. The Morgan fingerprint density at radius 1 is 1.73 bits per heavy atom. The molecule has 61 valence electrons. The van der Waals surface area contributed by atoms with Gasteiger partial charge in [-0.05, 0) is 0 Å². The van der Waals surface area contributed by atoms with Crippen LogP contribution in [-0.2, 0) is 9.47 Å². The van der Waals surface area contributed by atoms with Crippen LogP contribution in [0.25, 0.3) is 0 Å². The fraction of sp³-hybridized carbons (Fsp3) is 1.00. The summed E-state index contributed by atoms with van der Waals surface area (Å²) >= 11 is 0.946. The Bertz CT molecular complexity index is 123. The normalized spacial score (nSPS) is 37.7. The van der Waals surface area contributed by atoms with Gasteiger partial charge < -0.3 is 0 Å². The van der Waals surface area contributed by atoms with Gasteiger partial charge in [0.1, 0.15) is 0 Å². The molecule has 1 radical (unpaired) electrons. The molecule has 0 aromatic heterocycles. The Morgan fingerprint density at radius 3 is 2.91 bits per heavy atom. The summed E-state index contributed by atoms with van der Waals surface area (Å²) in [6.45, 7) is 3.05. The molecule has 0 N–H and O–H groups in total. The Morgan fingerprint density at radius 2 is 2.45 bits per heavy atom. The predicted molar refractivity (Wildman–Crippen MR) is 45.8 cm³/mol. The van der Waals surface area contributed by atoms with Crippen molar-refractivity contribution < 1.29 is 9.47 Å². The van der Waals surface area contributed by atoms with Crippen LogP contribution in [0.5, 0.6) is 0 Å². The van der Waals surface area contributed by atoms with E-state index >= 15 is 0 Å². The molecule has 0 aromatic rings. The summed E-state index contributed by atoms with van der Waals surface area (Å²) in [7, 11) is 1.75. The molecule has 1 saturated heterocycles. The van der Waals surface area contributed by atoms with E-state index in [4.69, 9.17) is 9.47 Å². The van der Waals surface area contributed by atoms with Crippen LogP contribution in [0.4, 0.5) is 0 Å². The van der Waals surface area contributed by atoms with E-state index in [1.54, 1.807) is 7.11 Å². The van der Waals surface area contributed by atoms with Crippen LogP contribution < -0.4 is 0 Å². The maximum absolute atomic E-state index is 5.81. The Hall–Kier alpha value is 2.01. The van der Waals surface area contributed by atoms with E-state index in [1.807, 2.05) is 0 Å². The van der Waals surface area contributed by atoms with Crippen LogP contribution in [0.1, 0.15) is 13.3 Å². The number of hydrogen-bond acceptors (Lipinski definition) is 2. The quantitative estimate of drug-likeness (QED) is 0.679. The Kier molecular flexibility index (Phi) is 5.73. The molecule has 0 aliphatic carbocycles. The third-order valence-corrected chi connectivity index (χ3v) is 9.53. The van der Waals surface area contributed by atoms with Crippen molar-refractivity contribution in [3.05, 3.63) is 0 Å². The summed E-state index contributed by atoms with van der Waals surface area (Å²) in [5.74, 6) is 0.713. The molecule has 1 rings (SSSR count). The van der Waals surface area contributed by atoms with E-state index in [0.29, 0.717) is 17.0 Å². The van der Waals surface area contributed by atoms with Crippen LogP contribution in [0.15, 0.2) is 0 Å². The molecular weight excluding hydrogens is 332 g/mol. The van der Waals surface area contributed by atoms with Crippen LogP contribution >= 0.6 is 0 Å². The Labute approximate surface area is 101 Å². The first-order valence-corrected chi connectivity index (χ1v) is 15.4. The molecule has 0 aromatic carbocycles. The molecule has 1 aliphatic heterocycles. The zero-order valence-corrected chi connectivity index (χ0v) is 13.2. The third-order valence-electron chi connectivity index (χ3n) is 2.04. The second-order valence-corrected chi connectivity index (χ2v) is 10.2. The van der Waals surface area contributed by atoms with Crippen LogP contribution in [0.2, 0.25) is 0 Å². The van der Waals surface area contributed by atoms with Gasteiger partial charge in [0.25, 0.3) is 0 Å². The molecule has 0 bridgehead atoms. The van der Waals surface area contributed by atoms with Gasteiger partial charge in [0, 0.05) is 0 Å². The molecule has 1 heterocycles. The van der Waals surface area contributed by atoms with Crippen molar-refractivity contribution in [2.75, 3.05) is 13.7 Å². The van der Waals surface area contributed by atoms with Gasteiger partial charge in [-0.25, -0.2) is 0 Å². The van der Waals surface area contributed by atoms with Crippen LogP contribution in [0.3, 0.4) is 0 Å². The molecular formula is C7H13BaO2Se. The summed E-state index contributed by atoms with van der Waals surface area (Å²) < 4.78 is 10.9. The van der Waals surface area contributed by atoms with E-state index in [2.05, 4.69) is 6.92 Å². The van der Waals surface area contributed by atoms with Crippen molar-refractivity contribution >= 4 is 49.2 Å². The van der Waals surface area contributed by atoms with Gasteiger partial charge in [-0.2, -0.15) is 0 Å². The zero-order valence-electron chi connectivity index (χ0n) is 7.08. The van der Waals surface area contributed by atoms with Gasteiger partial charge in [-0.15, -0.1) is 0 Å². The molecule has 1 unspecified atom stereocenters. The fourth-order valence-electron chi connectivity index (χ4n) is 1.32. The molecule has 1 fully saturated rings. The molecule has 0 spiro atoms. The van der Waals surface area contributed by atoms with Gasteiger partial charge in [-0.1, -0.05) is 0 Å². The molecule has 0 amide bonds. The van der Waals surface area contributed by atoms with E-state index in [-0.39, 0.29) is 0 Å². The van der Waals surface area contributed by atoms with Gasteiger partial charge in [0.15, 0.2) is 0 Å². The molecule has 3 atom stereocenters. The van der Waals surface area contributed by atoms with Gasteiger partial charge in [0.2, 0.25) is 0 Å². The first-order valence-electron chi connectivity index (χ1n) is 3.83. The summed E-state index contributed by atoms with van der Waals surface area (Å²) in [5, 5.41) is 0.626. The number of hydrogen-bond donors (Lipinski definition) is 0. The topological polar surface area (TPSA) is 18.5 Å². The van der Waals surface area contributed by atoms with E-state index in [1.165, 1.54) is 6.42 Å². The van der Waals surface area contributed by atoms with Gasteiger partial charge >= 0.3 is 103 Å². The second-order valence-electron chi connectivity index (χ2n) is 2.94. The average molecular weight is 345 g/mol. The summed E-state index contributed by atoms with van der Waals surface area (Å²) in [6, 6.07) is 0. The molecule has 4 heteroatoms. The average Bonchev–Trinajstić information content (AvgIpc) is 2.33. The second kappa shape index (κ2) is 5.68. The molecule has 11 heavy (non-hydrogen) atoms. The van der Waals surface area contributed by atoms with Gasteiger partial charge in [-0.3, -0.25) is 0 Å². The van der Waals surface area contributed by atoms with Gasteiger partial charge in [0.05, 0.1) is 0 Å². The van der Waals surface area contributed by atoms with E-state index in [0.717, 1.165) is 55.9 Å². The standard InChI is InChI=1S/C7H14O2Se.Ba/c1-5-3-7(10)9-6(5)4-8-2;/h5-7,10H,3-4H2,1-2H3;/q;+1/p-1/t5?,6-,7+;/m1./s1. The molecule has 0 saturated carbocycles. The first-order chi connectivity index (χ1) is 5.27. The maximum atomic E-state index is 5.81. The Balaban J connectivity index is 2.32. The minimum absolute atomic E-state index is 0.385. The summed E-state index contributed by atoms with van der Waals surface area (Å²) in [4.78, 5) is 0. The van der Waals surface area contributed by atoms with Crippen LogP contribution in [0, 0.1) is 5.92 Å². The monoisotopic (exact) mass is 347 g/mol.